The quantitative estimate of drug-likeness (QED) is 0.664. The molecule has 0 aromatic rings. The first-order valence-electron chi connectivity index (χ1n) is 6.63. The van der Waals surface area contributed by atoms with Gasteiger partial charge in [-0.2, -0.15) is 0 Å². The maximum absolute atomic E-state index is 11.8. The highest BCUT2D eigenvalue weighted by Crippen LogP contribution is 2.18. The molecule has 0 aromatic carbocycles. The minimum atomic E-state index is -0.693. The molecule has 0 saturated carbocycles. The SMILES string of the molecule is CC1CCCNC1CC(=O)NCC(C)(C)C(N)=O. The summed E-state index contributed by atoms with van der Waals surface area (Å²) in [7, 11) is 0. The van der Waals surface area contributed by atoms with Crippen LogP contribution in [0.1, 0.15) is 40.0 Å². The molecule has 5 heteroatoms. The highest BCUT2D eigenvalue weighted by Gasteiger charge is 2.27. The molecule has 4 N–H and O–H groups in total. The minimum Gasteiger partial charge on any atom is -0.369 e. The molecule has 18 heavy (non-hydrogen) atoms. The number of nitrogens with two attached hydrogens (primary N) is 1. The van der Waals surface area contributed by atoms with Crippen LogP contribution in [0.15, 0.2) is 0 Å². The van der Waals surface area contributed by atoms with Gasteiger partial charge >= 0.3 is 0 Å². The van der Waals surface area contributed by atoms with Crippen molar-refractivity contribution < 1.29 is 9.59 Å². The van der Waals surface area contributed by atoms with Gasteiger partial charge in [0.25, 0.3) is 0 Å². The Hall–Kier alpha value is -1.10. The summed E-state index contributed by atoms with van der Waals surface area (Å²) in [5.74, 6) is 0.108. The molecular formula is C13H25N3O2. The van der Waals surface area contributed by atoms with Crippen LogP contribution in [-0.2, 0) is 9.59 Å². The van der Waals surface area contributed by atoms with Gasteiger partial charge < -0.3 is 16.4 Å². The van der Waals surface area contributed by atoms with E-state index in [1.807, 2.05) is 0 Å². The number of hydrogen-bond donors (Lipinski definition) is 3. The van der Waals surface area contributed by atoms with Gasteiger partial charge in [-0.15, -0.1) is 0 Å². The second-order valence-corrected chi connectivity index (χ2v) is 5.91. The van der Waals surface area contributed by atoms with Gasteiger partial charge in [-0.05, 0) is 39.2 Å². The smallest absolute Gasteiger partial charge is 0.224 e. The summed E-state index contributed by atoms with van der Waals surface area (Å²) < 4.78 is 0. The number of rotatable bonds is 5. The highest BCUT2D eigenvalue weighted by atomic mass is 16.2. The van der Waals surface area contributed by atoms with Crippen molar-refractivity contribution >= 4 is 11.8 Å². The van der Waals surface area contributed by atoms with Crippen LogP contribution in [0.5, 0.6) is 0 Å². The maximum atomic E-state index is 11.8. The Labute approximate surface area is 109 Å². The molecule has 0 aliphatic carbocycles. The Morgan fingerprint density at radius 1 is 1.44 bits per heavy atom. The first-order valence-corrected chi connectivity index (χ1v) is 6.63. The summed E-state index contributed by atoms with van der Waals surface area (Å²) in [6.45, 7) is 6.91. The van der Waals surface area contributed by atoms with E-state index >= 15 is 0 Å². The van der Waals surface area contributed by atoms with Crippen molar-refractivity contribution in [3.05, 3.63) is 0 Å². The summed E-state index contributed by atoms with van der Waals surface area (Å²) in [5.41, 5.74) is 4.57. The second-order valence-electron chi connectivity index (χ2n) is 5.91. The lowest BCUT2D eigenvalue weighted by atomic mass is 9.90. The van der Waals surface area contributed by atoms with Gasteiger partial charge in [0.2, 0.25) is 11.8 Å². The molecule has 1 heterocycles. The summed E-state index contributed by atoms with van der Waals surface area (Å²) in [6.07, 6.45) is 2.81. The number of nitrogens with one attached hydrogen (secondary N) is 2. The summed E-state index contributed by atoms with van der Waals surface area (Å²) in [4.78, 5) is 23.0. The predicted octanol–water partition coefficient (Wildman–Crippen LogP) is 0.392. The fourth-order valence-corrected chi connectivity index (χ4v) is 2.07. The zero-order valence-corrected chi connectivity index (χ0v) is 11.6. The van der Waals surface area contributed by atoms with E-state index in [-0.39, 0.29) is 11.9 Å². The van der Waals surface area contributed by atoms with E-state index in [4.69, 9.17) is 5.73 Å². The van der Waals surface area contributed by atoms with E-state index in [1.165, 1.54) is 6.42 Å². The number of carbonyl (C=O) groups is 2. The van der Waals surface area contributed by atoms with Crippen LogP contribution in [-0.4, -0.2) is 30.9 Å². The maximum Gasteiger partial charge on any atom is 0.224 e. The van der Waals surface area contributed by atoms with Crippen LogP contribution in [0.25, 0.3) is 0 Å². The number of carbonyl (C=O) groups excluding carboxylic acids is 2. The number of hydrogen-bond acceptors (Lipinski definition) is 3. The van der Waals surface area contributed by atoms with Crippen LogP contribution in [0.2, 0.25) is 0 Å². The lowest BCUT2D eigenvalue weighted by Gasteiger charge is -2.30. The third kappa shape index (κ3) is 4.29. The van der Waals surface area contributed by atoms with E-state index in [0.717, 1.165) is 13.0 Å². The van der Waals surface area contributed by atoms with Gasteiger partial charge in [-0.3, -0.25) is 9.59 Å². The highest BCUT2D eigenvalue weighted by molar-refractivity contribution is 5.82. The molecule has 1 aliphatic rings. The Morgan fingerprint density at radius 3 is 2.67 bits per heavy atom. The van der Waals surface area contributed by atoms with Gasteiger partial charge in [0.1, 0.15) is 0 Å². The Bertz CT molecular complexity index is 315. The summed E-state index contributed by atoms with van der Waals surface area (Å²) >= 11 is 0. The van der Waals surface area contributed by atoms with E-state index in [9.17, 15) is 9.59 Å². The van der Waals surface area contributed by atoms with Crippen molar-refractivity contribution in [3.8, 4) is 0 Å². The molecule has 1 fully saturated rings. The molecule has 2 atom stereocenters. The third-order valence-electron chi connectivity index (χ3n) is 3.73. The molecule has 0 aromatic heterocycles. The largest absolute Gasteiger partial charge is 0.369 e. The number of amides is 2. The minimum absolute atomic E-state index is 0.0180. The molecule has 1 rings (SSSR count). The van der Waals surface area contributed by atoms with E-state index in [1.54, 1.807) is 13.8 Å². The molecule has 2 unspecified atom stereocenters. The lowest BCUT2D eigenvalue weighted by Crippen LogP contribution is -2.46. The zero-order chi connectivity index (χ0) is 13.8. The van der Waals surface area contributed by atoms with Gasteiger partial charge in [0.05, 0.1) is 5.41 Å². The van der Waals surface area contributed by atoms with E-state index in [2.05, 4.69) is 17.6 Å². The van der Waals surface area contributed by atoms with Crippen molar-refractivity contribution in [3.63, 3.8) is 0 Å². The molecule has 0 spiro atoms. The van der Waals surface area contributed by atoms with Gasteiger partial charge in [-0.1, -0.05) is 6.92 Å². The lowest BCUT2D eigenvalue weighted by molar-refractivity contribution is -0.127. The van der Waals surface area contributed by atoms with Gasteiger partial charge in [-0.25, -0.2) is 0 Å². The van der Waals surface area contributed by atoms with Gasteiger partial charge in [0, 0.05) is 19.0 Å². The van der Waals surface area contributed by atoms with Crippen molar-refractivity contribution in [2.24, 2.45) is 17.1 Å². The van der Waals surface area contributed by atoms with Crippen LogP contribution in [0, 0.1) is 11.3 Å². The zero-order valence-electron chi connectivity index (χ0n) is 11.6. The molecule has 104 valence electrons. The normalized spacial score (nSPS) is 24.6. The van der Waals surface area contributed by atoms with Crippen LogP contribution in [0.4, 0.5) is 0 Å². The van der Waals surface area contributed by atoms with Crippen molar-refractivity contribution in [2.45, 2.75) is 46.1 Å². The average Bonchev–Trinajstić information content (AvgIpc) is 2.29. The molecule has 5 nitrogen and oxygen atoms in total. The van der Waals surface area contributed by atoms with Crippen LogP contribution >= 0.6 is 0 Å². The van der Waals surface area contributed by atoms with Crippen LogP contribution in [0.3, 0.4) is 0 Å². The molecular weight excluding hydrogens is 230 g/mol. The molecule has 1 saturated heterocycles. The Morgan fingerprint density at radius 2 is 2.11 bits per heavy atom. The topological polar surface area (TPSA) is 84.2 Å². The molecule has 0 radical (unpaired) electrons. The monoisotopic (exact) mass is 255 g/mol. The Balaban J connectivity index is 2.35. The molecule has 1 aliphatic heterocycles. The number of piperidine rings is 1. The average molecular weight is 255 g/mol. The summed E-state index contributed by atoms with van der Waals surface area (Å²) in [6, 6.07) is 0.246. The number of primary amides is 1. The fourth-order valence-electron chi connectivity index (χ4n) is 2.07. The third-order valence-corrected chi connectivity index (χ3v) is 3.73. The Kier molecular flexibility index (Phi) is 5.14. The second kappa shape index (κ2) is 6.18. The molecule has 0 bridgehead atoms. The van der Waals surface area contributed by atoms with Crippen molar-refractivity contribution in [2.75, 3.05) is 13.1 Å². The first kappa shape index (κ1) is 15.0. The van der Waals surface area contributed by atoms with Gasteiger partial charge in [0.15, 0.2) is 0 Å². The van der Waals surface area contributed by atoms with Crippen molar-refractivity contribution in [1.82, 2.24) is 10.6 Å². The predicted molar refractivity (Wildman–Crippen MR) is 70.8 cm³/mol. The fraction of sp³-hybridized carbons (Fsp3) is 0.846. The summed E-state index contributed by atoms with van der Waals surface area (Å²) in [5, 5.41) is 6.16. The van der Waals surface area contributed by atoms with E-state index in [0.29, 0.717) is 18.9 Å². The first-order chi connectivity index (χ1) is 8.33. The molecule has 2 amide bonds. The van der Waals surface area contributed by atoms with Crippen LogP contribution < -0.4 is 16.4 Å². The van der Waals surface area contributed by atoms with E-state index < -0.39 is 11.3 Å². The van der Waals surface area contributed by atoms with Crippen molar-refractivity contribution in [1.29, 1.82) is 0 Å². The standard InChI is InChI=1S/C13H25N3O2/c1-9-5-4-6-15-10(9)7-11(17)16-8-13(2,3)12(14)18/h9-10,15H,4-8H2,1-3H3,(H2,14,18)(H,16,17).